The Kier molecular flexibility index (Phi) is 6.61. The zero-order valence-corrected chi connectivity index (χ0v) is 14.8. The number of hydrogen-bond donors (Lipinski definition) is 1. The molecule has 0 aliphatic rings. The number of carbonyl (C=O) groups is 1. The van der Waals surface area contributed by atoms with E-state index in [1.165, 1.54) is 17.4 Å². The first-order valence-corrected chi connectivity index (χ1v) is 8.76. The molecule has 0 bridgehead atoms. The Morgan fingerprint density at radius 1 is 1.24 bits per heavy atom. The molecular formula is C18H20F3NO2S. The number of alkyl halides is 3. The van der Waals surface area contributed by atoms with Crippen LogP contribution in [0.5, 0.6) is 0 Å². The molecule has 1 aromatic carbocycles. The van der Waals surface area contributed by atoms with Crippen LogP contribution in [0.15, 0.2) is 36.4 Å². The van der Waals surface area contributed by atoms with E-state index in [4.69, 9.17) is 4.74 Å². The van der Waals surface area contributed by atoms with Gasteiger partial charge in [-0.15, -0.1) is 11.3 Å². The molecule has 3 nitrogen and oxygen atoms in total. The second-order valence-corrected chi connectivity index (χ2v) is 6.86. The van der Waals surface area contributed by atoms with E-state index in [1.807, 2.05) is 13.8 Å². The second kappa shape index (κ2) is 8.49. The van der Waals surface area contributed by atoms with Gasteiger partial charge in [0, 0.05) is 18.0 Å². The van der Waals surface area contributed by atoms with Crippen LogP contribution in [0, 0.1) is 0 Å². The highest BCUT2D eigenvalue weighted by atomic mass is 32.1. The molecule has 136 valence electrons. The number of rotatable bonds is 7. The summed E-state index contributed by atoms with van der Waals surface area (Å²) in [6.45, 7) is 4.94. The summed E-state index contributed by atoms with van der Waals surface area (Å²) in [7, 11) is 0. The fraction of sp³-hybridized carbons (Fsp3) is 0.389. The molecule has 0 radical (unpaired) electrons. The summed E-state index contributed by atoms with van der Waals surface area (Å²) in [5.41, 5.74) is -0.251. The van der Waals surface area contributed by atoms with Gasteiger partial charge in [-0.05, 0) is 50.1 Å². The summed E-state index contributed by atoms with van der Waals surface area (Å²) >= 11 is 1.17. The summed E-state index contributed by atoms with van der Waals surface area (Å²) in [5.74, 6) is -0.229. The molecule has 2 aromatic rings. The predicted molar refractivity (Wildman–Crippen MR) is 92.8 cm³/mol. The number of carbonyl (C=O) groups excluding carboxylic acids is 1. The Morgan fingerprint density at radius 3 is 2.68 bits per heavy atom. The number of halogens is 3. The molecule has 0 aliphatic carbocycles. The van der Waals surface area contributed by atoms with Crippen LogP contribution < -0.4 is 5.32 Å². The molecule has 1 aromatic heterocycles. The van der Waals surface area contributed by atoms with Crippen LogP contribution in [0.25, 0.3) is 10.4 Å². The summed E-state index contributed by atoms with van der Waals surface area (Å²) in [6, 6.07) is 8.39. The van der Waals surface area contributed by atoms with Crippen molar-refractivity contribution in [3.8, 4) is 10.4 Å². The number of nitrogens with one attached hydrogen (secondary N) is 1. The maximum absolute atomic E-state index is 12.8. The van der Waals surface area contributed by atoms with E-state index in [-0.39, 0.29) is 12.0 Å². The molecule has 0 saturated carbocycles. The summed E-state index contributed by atoms with van der Waals surface area (Å²) in [5, 5.41) is 2.78. The quantitative estimate of drug-likeness (QED) is 0.697. The van der Waals surface area contributed by atoms with E-state index in [0.29, 0.717) is 34.9 Å². The Labute approximate surface area is 148 Å². The van der Waals surface area contributed by atoms with Crippen molar-refractivity contribution in [1.82, 2.24) is 5.32 Å². The van der Waals surface area contributed by atoms with Gasteiger partial charge in [0.15, 0.2) is 0 Å². The summed E-state index contributed by atoms with van der Waals surface area (Å²) in [4.78, 5) is 13.2. The Balaban J connectivity index is 1.97. The molecule has 2 rings (SSSR count). The van der Waals surface area contributed by atoms with Gasteiger partial charge in [-0.3, -0.25) is 4.79 Å². The minimum absolute atomic E-state index is 0.156. The third-order valence-corrected chi connectivity index (χ3v) is 4.50. The minimum Gasteiger partial charge on any atom is -0.379 e. The van der Waals surface area contributed by atoms with Crippen molar-refractivity contribution in [2.75, 3.05) is 13.2 Å². The first kappa shape index (κ1) is 19.5. The van der Waals surface area contributed by atoms with E-state index in [0.717, 1.165) is 12.1 Å². The van der Waals surface area contributed by atoms with Crippen molar-refractivity contribution in [3.05, 3.63) is 46.8 Å². The standard InChI is InChI=1S/C18H20F3NO2S/c1-12(2)24-10-4-9-22-17(23)16-8-7-15(25-16)13-5-3-6-14(11-13)18(19,20)21/h3,5-8,11-12H,4,9-10H2,1-2H3,(H,22,23). The van der Waals surface area contributed by atoms with Gasteiger partial charge in [0.05, 0.1) is 16.5 Å². The van der Waals surface area contributed by atoms with Crippen molar-refractivity contribution in [2.45, 2.75) is 32.5 Å². The molecule has 0 spiro atoms. The smallest absolute Gasteiger partial charge is 0.379 e. The number of ether oxygens (including phenoxy) is 1. The van der Waals surface area contributed by atoms with Crippen molar-refractivity contribution in [2.24, 2.45) is 0 Å². The average Bonchev–Trinajstić information content (AvgIpc) is 3.03. The van der Waals surface area contributed by atoms with Crippen LogP contribution >= 0.6 is 11.3 Å². The van der Waals surface area contributed by atoms with Crippen LogP contribution in [0.4, 0.5) is 13.2 Å². The molecule has 0 saturated heterocycles. The highest BCUT2D eigenvalue weighted by Crippen LogP contribution is 2.34. The van der Waals surface area contributed by atoms with E-state index in [9.17, 15) is 18.0 Å². The predicted octanol–water partition coefficient (Wildman–Crippen LogP) is 4.98. The fourth-order valence-corrected chi connectivity index (χ4v) is 3.06. The van der Waals surface area contributed by atoms with Crippen LogP contribution in [0.1, 0.15) is 35.5 Å². The maximum atomic E-state index is 12.8. The third kappa shape index (κ3) is 5.86. The monoisotopic (exact) mass is 371 g/mol. The van der Waals surface area contributed by atoms with Crippen molar-refractivity contribution in [3.63, 3.8) is 0 Å². The molecule has 1 N–H and O–H groups in total. The number of thiophene rings is 1. The van der Waals surface area contributed by atoms with Crippen LogP contribution in [-0.2, 0) is 10.9 Å². The largest absolute Gasteiger partial charge is 0.416 e. The highest BCUT2D eigenvalue weighted by molar-refractivity contribution is 7.17. The van der Waals surface area contributed by atoms with E-state index >= 15 is 0 Å². The lowest BCUT2D eigenvalue weighted by Gasteiger charge is -2.08. The van der Waals surface area contributed by atoms with E-state index in [2.05, 4.69) is 5.32 Å². The van der Waals surface area contributed by atoms with E-state index < -0.39 is 11.7 Å². The third-order valence-electron chi connectivity index (χ3n) is 3.36. The zero-order chi connectivity index (χ0) is 18.4. The first-order chi connectivity index (χ1) is 11.8. The fourth-order valence-electron chi connectivity index (χ4n) is 2.14. The van der Waals surface area contributed by atoms with Crippen LogP contribution in [0.2, 0.25) is 0 Å². The van der Waals surface area contributed by atoms with Gasteiger partial charge in [0.2, 0.25) is 0 Å². The summed E-state index contributed by atoms with van der Waals surface area (Å²) in [6.07, 6.45) is -3.52. The minimum atomic E-state index is -4.38. The van der Waals surface area contributed by atoms with Gasteiger partial charge in [-0.1, -0.05) is 12.1 Å². The molecular weight excluding hydrogens is 351 g/mol. The van der Waals surface area contributed by atoms with Gasteiger partial charge >= 0.3 is 6.18 Å². The van der Waals surface area contributed by atoms with Gasteiger partial charge < -0.3 is 10.1 Å². The van der Waals surface area contributed by atoms with Gasteiger partial charge in [-0.25, -0.2) is 0 Å². The maximum Gasteiger partial charge on any atom is 0.416 e. The van der Waals surface area contributed by atoms with Crippen molar-refractivity contribution >= 4 is 17.2 Å². The molecule has 0 fully saturated rings. The SMILES string of the molecule is CC(C)OCCCNC(=O)c1ccc(-c2cccc(C(F)(F)F)c2)s1. The lowest BCUT2D eigenvalue weighted by molar-refractivity contribution is -0.137. The topological polar surface area (TPSA) is 38.3 Å². The number of hydrogen-bond acceptors (Lipinski definition) is 3. The molecule has 1 heterocycles. The van der Waals surface area contributed by atoms with Crippen LogP contribution in [-0.4, -0.2) is 25.2 Å². The highest BCUT2D eigenvalue weighted by Gasteiger charge is 2.30. The summed E-state index contributed by atoms with van der Waals surface area (Å²) < 4.78 is 43.8. The zero-order valence-electron chi connectivity index (χ0n) is 14.0. The molecule has 7 heteroatoms. The lowest BCUT2D eigenvalue weighted by Crippen LogP contribution is -2.24. The van der Waals surface area contributed by atoms with Gasteiger partial charge in [0.25, 0.3) is 5.91 Å². The molecule has 0 aliphatic heterocycles. The van der Waals surface area contributed by atoms with Gasteiger partial charge in [0.1, 0.15) is 0 Å². The normalized spacial score (nSPS) is 11.8. The molecule has 25 heavy (non-hydrogen) atoms. The molecule has 1 amide bonds. The molecule has 0 unspecified atom stereocenters. The Morgan fingerprint density at radius 2 is 2.00 bits per heavy atom. The number of benzene rings is 1. The number of amides is 1. The Hall–Kier alpha value is -1.86. The average molecular weight is 371 g/mol. The first-order valence-electron chi connectivity index (χ1n) is 7.94. The van der Waals surface area contributed by atoms with Crippen molar-refractivity contribution < 1.29 is 22.7 Å². The van der Waals surface area contributed by atoms with E-state index in [1.54, 1.807) is 18.2 Å². The van der Waals surface area contributed by atoms with Gasteiger partial charge in [-0.2, -0.15) is 13.2 Å². The Bertz CT molecular complexity index is 710. The molecule has 0 atom stereocenters. The van der Waals surface area contributed by atoms with Crippen LogP contribution in [0.3, 0.4) is 0 Å². The van der Waals surface area contributed by atoms with Crippen molar-refractivity contribution in [1.29, 1.82) is 0 Å². The second-order valence-electron chi connectivity index (χ2n) is 5.77. The lowest BCUT2D eigenvalue weighted by atomic mass is 10.1.